The van der Waals surface area contributed by atoms with E-state index < -0.39 is 5.97 Å². The Bertz CT molecular complexity index is 290. The SMILES string of the molecule is O=C(O)CNc1cccc(Br)n1. The Morgan fingerprint density at radius 1 is 1.67 bits per heavy atom. The summed E-state index contributed by atoms with van der Waals surface area (Å²) in [5.74, 6) is -0.358. The molecule has 0 bridgehead atoms. The Morgan fingerprint density at radius 2 is 2.42 bits per heavy atom. The van der Waals surface area contributed by atoms with E-state index in [-0.39, 0.29) is 6.54 Å². The van der Waals surface area contributed by atoms with Gasteiger partial charge in [0, 0.05) is 0 Å². The van der Waals surface area contributed by atoms with Crippen molar-refractivity contribution >= 4 is 27.7 Å². The highest BCUT2D eigenvalue weighted by Gasteiger charge is 1.97. The van der Waals surface area contributed by atoms with Crippen LogP contribution in [0.3, 0.4) is 0 Å². The molecule has 0 aliphatic carbocycles. The lowest BCUT2D eigenvalue weighted by Crippen LogP contribution is -2.12. The Labute approximate surface area is 77.8 Å². The second kappa shape index (κ2) is 4.06. The van der Waals surface area contributed by atoms with Crippen LogP contribution in [0.2, 0.25) is 0 Å². The summed E-state index contributed by atoms with van der Waals surface area (Å²) >= 11 is 3.17. The maximum Gasteiger partial charge on any atom is 0.322 e. The van der Waals surface area contributed by atoms with Gasteiger partial charge in [-0.3, -0.25) is 4.79 Å². The van der Waals surface area contributed by atoms with Crippen LogP contribution < -0.4 is 5.32 Å². The Morgan fingerprint density at radius 3 is 3.00 bits per heavy atom. The average molecular weight is 231 g/mol. The Kier molecular flexibility index (Phi) is 3.04. The first-order valence-electron chi connectivity index (χ1n) is 3.27. The number of carbonyl (C=O) groups is 1. The van der Waals surface area contributed by atoms with Crippen LogP contribution in [0.25, 0.3) is 0 Å². The first kappa shape index (κ1) is 8.99. The zero-order chi connectivity index (χ0) is 8.97. The number of rotatable bonds is 3. The first-order valence-corrected chi connectivity index (χ1v) is 4.06. The van der Waals surface area contributed by atoms with Crippen molar-refractivity contribution in [1.82, 2.24) is 4.98 Å². The zero-order valence-corrected chi connectivity index (χ0v) is 7.71. The summed E-state index contributed by atoms with van der Waals surface area (Å²) in [5.41, 5.74) is 0. The van der Waals surface area contributed by atoms with E-state index in [0.717, 1.165) is 0 Å². The molecule has 0 atom stereocenters. The van der Waals surface area contributed by atoms with Crippen molar-refractivity contribution in [3.63, 3.8) is 0 Å². The summed E-state index contributed by atoms with van der Waals surface area (Å²) in [6.07, 6.45) is 0. The lowest BCUT2D eigenvalue weighted by atomic mass is 10.4. The Hall–Kier alpha value is -1.10. The van der Waals surface area contributed by atoms with Gasteiger partial charge in [0.05, 0.1) is 0 Å². The number of hydrogen-bond acceptors (Lipinski definition) is 3. The summed E-state index contributed by atoms with van der Waals surface area (Å²) in [7, 11) is 0. The molecule has 5 heteroatoms. The van der Waals surface area contributed by atoms with Crippen LogP contribution in [0, 0.1) is 0 Å². The fourth-order valence-electron chi connectivity index (χ4n) is 0.673. The summed E-state index contributed by atoms with van der Waals surface area (Å²) in [4.78, 5) is 14.1. The summed E-state index contributed by atoms with van der Waals surface area (Å²) in [6.45, 7) is -0.122. The molecule has 0 amide bonds. The van der Waals surface area contributed by atoms with Crippen LogP contribution >= 0.6 is 15.9 Å². The van der Waals surface area contributed by atoms with E-state index in [1.54, 1.807) is 18.2 Å². The highest BCUT2D eigenvalue weighted by molar-refractivity contribution is 9.10. The molecule has 1 aromatic heterocycles. The van der Waals surface area contributed by atoms with E-state index in [1.165, 1.54) is 0 Å². The second-order valence-corrected chi connectivity index (χ2v) is 2.91. The third kappa shape index (κ3) is 2.87. The normalized spacial score (nSPS) is 9.42. The standard InChI is InChI=1S/C7H7BrN2O2/c8-5-2-1-3-6(10-5)9-4-7(11)12/h1-3H,4H2,(H,9,10)(H,11,12). The number of carboxylic acids is 1. The predicted octanol–water partition coefficient (Wildman–Crippen LogP) is 1.34. The molecule has 0 saturated heterocycles. The molecule has 0 saturated carbocycles. The molecule has 64 valence electrons. The average Bonchev–Trinajstić information content (AvgIpc) is 2.01. The lowest BCUT2D eigenvalue weighted by molar-refractivity contribution is -0.134. The summed E-state index contributed by atoms with van der Waals surface area (Å²) < 4.78 is 0.679. The summed E-state index contributed by atoms with van der Waals surface area (Å²) in [6, 6.07) is 5.25. The molecule has 0 radical (unpaired) electrons. The molecule has 0 fully saturated rings. The Balaban J connectivity index is 2.57. The van der Waals surface area contributed by atoms with Gasteiger partial charge < -0.3 is 10.4 Å². The van der Waals surface area contributed by atoms with Gasteiger partial charge in [-0.2, -0.15) is 0 Å². The number of carboxylic acid groups (broad SMARTS) is 1. The minimum absolute atomic E-state index is 0.122. The molecule has 4 nitrogen and oxygen atoms in total. The highest BCUT2D eigenvalue weighted by atomic mass is 79.9. The van der Waals surface area contributed by atoms with Crippen molar-refractivity contribution < 1.29 is 9.90 Å². The minimum atomic E-state index is -0.906. The fourth-order valence-corrected chi connectivity index (χ4v) is 1.02. The molecule has 0 unspecified atom stereocenters. The van der Waals surface area contributed by atoms with Crippen LogP contribution in [-0.4, -0.2) is 22.6 Å². The molecule has 1 rings (SSSR count). The second-order valence-electron chi connectivity index (χ2n) is 2.09. The predicted molar refractivity (Wildman–Crippen MR) is 48.1 cm³/mol. The monoisotopic (exact) mass is 230 g/mol. The van der Waals surface area contributed by atoms with E-state index in [4.69, 9.17) is 5.11 Å². The van der Waals surface area contributed by atoms with Gasteiger partial charge in [0.25, 0.3) is 0 Å². The van der Waals surface area contributed by atoms with E-state index in [0.29, 0.717) is 10.4 Å². The number of aromatic nitrogens is 1. The summed E-state index contributed by atoms with van der Waals surface area (Å²) in [5, 5.41) is 11.0. The van der Waals surface area contributed by atoms with Crippen LogP contribution in [0.15, 0.2) is 22.8 Å². The van der Waals surface area contributed by atoms with Gasteiger partial charge in [0.2, 0.25) is 0 Å². The van der Waals surface area contributed by atoms with E-state index >= 15 is 0 Å². The van der Waals surface area contributed by atoms with Gasteiger partial charge in [-0.05, 0) is 28.1 Å². The van der Waals surface area contributed by atoms with E-state index in [2.05, 4.69) is 26.2 Å². The number of halogens is 1. The number of pyridine rings is 1. The van der Waals surface area contributed by atoms with Gasteiger partial charge in [-0.1, -0.05) is 6.07 Å². The van der Waals surface area contributed by atoms with Gasteiger partial charge in [0.1, 0.15) is 17.0 Å². The highest BCUT2D eigenvalue weighted by Crippen LogP contribution is 2.09. The third-order valence-electron chi connectivity index (χ3n) is 1.14. The number of nitrogens with one attached hydrogen (secondary N) is 1. The van der Waals surface area contributed by atoms with Crippen molar-refractivity contribution in [3.05, 3.63) is 22.8 Å². The van der Waals surface area contributed by atoms with Crippen LogP contribution in [-0.2, 0) is 4.79 Å². The van der Waals surface area contributed by atoms with Gasteiger partial charge in [0.15, 0.2) is 0 Å². The van der Waals surface area contributed by atoms with Crippen molar-refractivity contribution in [2.24, 2.45) is 0 Å². The van der Waals surface area contributed by atoms with Crippen molar-refractivity contribution in [2.45, 2.75) is 0 Å². The van der Waals surface area contributed by atoms with Crippen molar-refractivity contribution in [2.75, 3.05) is 11.9 Å². The van der Waals surface area contributed by atoms with E-state index in [1.807, 2.05) is 0 Å². The largest absolute Gasteiger partial charge is 0.480 e. The molecule has 12 heavy (non-hydrogen) atoms. The number of aliphatic carboxylic acids is 1. The van der Waals surface area contributed by atoms with Gasteiger partial charge in [-0.15, -0.1) is 0 Å². The van der Waals surface area contributed by atoms with Crippen LogP contribution in [0.1, 0.15) is 0 Å². The topological polar surface area (TPSA) is 62.2 Å². The van der Waals surface area contributed by atoms with Crippen LogP contribution in [0.5, 0.6) is 0 Å². The van der Waals surface area contributed by atoms with Crippen molar-refractivity contribution in [3.8, 4) is 0 Å². The van der Waals surface area contributed by atoms with Crippen LogP contribution in [0.4, 0.5) is 5.82 Å². The molecule has 0 spiro atoms. The van der Waals surface area contributed by atoms with Gasteiger partial charge in [-0.25, -0.2) is 4.98 Å². The number of nitrogens with zero attached hydrogens (tertiary/aromatic N) is 1. The molecule has 2 N–H and O–H groups in total. The third-order valence-corrected chi connectivity index (χ3v) is 1.58. The smallest absolute Gasteiger partial charge is 0.322 e. The zero-order valence-electron chi connectivity index (χ0n) is 6.12. The number of anilines is 1. The lowest BCUT2D eigenvalue weighted by Gasteiger charge is -2.01. The molecular formula is C7H7BrN2O2. The maximum atomic E-state index is 10.2. The van der Waals surface area contributed by atoms with E-state index in [9.17, 15) is 4.79 Å². The van der Waals surface area contributed by atoms with Gasteiger partial charge >= 0.3 is 5.97 Å². The molecule has 1 heterocycles. The fraction of sp³-hybridized carbons (Fsp3) is 0.143. The molecule has 0 aliphatic rings. The maximum absolute atomic E-state index is 10.2. The minimum Gasteiger partial charge on any atom is -0.480 e. The quantitative estimate of drug-likeness (QED) is 0.770. The molecular weight excluding hydrogens is 224 g/mol. The molecule has 0 aromatic carbocycles. The first-order chi connectivity index (χ1) is 5.68. The molecule has 1 aromatic rings. The number of hydrogen-bond donors (Lipinski definition) is 2. The van der Waals surface area contributed by atoms with Crippen molar-refractivity contribution in [1.29, 1.82) is 0 Å². The molecule has 0 aliphatic heterocycles.